The first-order valence-electron chi connectivity index (χ1n) is 14.0. The topological polar surface area (TPSA) is 237 Å². The van der Waals surface area contributed by atoms with Crippen LogP contribution in [0.25, 0.3) is 5.76 Å². The molecule has 13 nitrogen and oxygen atoms in total. The number of nitrogens with two attached hydrogens (primary N) is 1. The number of hydrogen-bond acceptors (Lipinski definition) is 10. The van der Waals surface area contributed by atoms with Crippen molar-refractivity contribution in [3.63, 3.8) is 0 Å². The molecule has 13 heteroatoms. The Balaban J connectivity index is 1.25. The Labute approximate surface area is 250 Å². The van der Waals surface area contributed by atoms with E-state index in [4.69, 9.17) is 5.73 Å². The Morgan fingerprint density at radius 3 is 2.34 bits per heavy atom. The van der Waals surface area contributed by atoms with Gasteiger partial charge in [-0.3, -0.25) is 24.0 Å². The van der Waals surface area contributed by atoms with Crippen molar-refractivity contribution in [3.05, 3.63) is 63.9 Å². The number of phenols is 3. The van der Waals surface area contributed by atoms with Crippen LogP contribution in [0.15, 0.2) is 47.2 Å². The summed E-state index contributed by atoms with van der Waals surface area (Å²) in [5.74, 6) is -7.95. The monoisotopic (exact) mass is 605 g/mol. The second-order valence-corrected chi connectivity index (χ2v) is 11.2. The Hall–Kier alpha value is -5.33. The second-order valence-electron chi connectivity index (χ2n) is 11.2. The highest BCUT2D eigenvalue weighted by Crippen LogP contribution is 2.50. The summed E-state index contributed by atoms with van der Waals surface area (Å²) in [6.07, 6.45) is 0.392. The van der Waals surface area contributed by atoms with Gasteiger partial charge in [0.05, 0.1) is 17.2 Å². The maximum absolute atomic E-state index is 13.5. The second kappa shape index (κ2) is 11.7. The summed E-state index contributed by atoms with van der Waals surface area (Å²) < 4.78 is 0. The Morgan fingerprint density at radius 1 is 0.909 bits per heavy atom. The van der Waals surface area contributed by atoms with Gasteiger partial charge in [0.1, 0.15) is 22.8 Å². The number of fused-ring (bicyclic) bond motifs is 3. The number of primary amides is 1. The number of allylic oxidation sites excluding steroid dienone is 2. The minimum absolute atomic E-state index is 0.0403. The number of rotatable bonds is 8. The molecule has 0 heterocycles. The number of aliphatic hydroxyl groups excluding tert-OH is 2. The summed E-state index contributed by atoms with van der Waals surface area (Å²) in [6.45, 7) is 0.235. The van der Waals surface area contributed by atoms with Crippen LogP contribution in [-0.4, -0.2) is 61.4 Å². The van der Waals surface area contributed by atoms with Crippen LogP contribution in [0.5, 0.6) is 17.2 Å². The van der Waals surface area contributed by atoms with Gasteiger partial charge in [-0.1, -0.05) is 12.1 Å². The number of benzene rings is 2. The standard InChI is InChI=1S/C31H31N3O10/c32-31(44)26-20(37)12-16-11-15-10-14-2-3-17(27(40)23(14)28(41)24(15)29(42)25(16)30(26)43)34-22(39)6-5-21(38)33-8-7-13-1-4-18(35)19(36)9-13/h1-4,9,15-16,25,35-36,40-41,43H,5-8,10-12H2,(H2,32,44)(H,33,38)(H,34,39). The fourth-order valence-electron chi connectivity index (χ4n) is 6.32. The largest absolute Gasteiger partial charge is 0.511 e. The van der Waals surface area contributed by atoms with Gasteiger partial charge in [0.25, 0.3) is 5.91 Å². The van der Waals surface area contributed by atoms with E-state index in [-0.39, 0.29) is 67.0 Å². The highest BCUT2D eigenvalue weighted by Gasteiger charge is 2.50. The van der Waals surface area contributed by atoms with Crippen LogP contribution in [0, 0.1) is 17.8 Å². The van der Waals surface area contributed by atoms with Crippen molar-refractivity contribution in [3.8, 4) is 17.2 Å². The first-order chi connectivity index (χ1) is 20.9. The van der Waals surface area contributed by atoms with E-state index in [1.807, 2.05) is 0 Å². The number of phenolic OH excluding ortho intramolecular Hbond substituents is 3. The van der Waals surface area contributed by atoms with Crippen LogP contribution >= 0.6 is 0 Å². The van der Waals surface area contributed by atoms with E-state index in [2.05, 4.69) is 10.6 Å². The minimum atomic E-state index is -1.23. The molecule has 1 fully saturated rings. The smallest absolute Gasteiger partial charge is 0.255 e. The van der Waals surface area contributed by atoms with Gasteiger partial charge in [0.2, 0.25) is 11.8 Å². The third kappa shape index (κ3) is 5.55. The third-order valence-electron chi connectivity index (χ3n) is 8.39. The van der Waals surface area contributed by atoms with Gasteiger partial charge in [0, 0.05) is 31.4 Å². The van der Waals surface area contributed by atoms with E-state index < -0.39 is 69.9 Å². The van der Waals surface area contributed by atoms with Gasteiger partial charge in [-0.15, -0.1) is 0 Å². The number of hydrogen-bond donors (Lipinski definition) is 8. The summed E-state index contributed by atoms with van der Waals surface area (Å²) >= 11 is 0. The summed E-state index contributed by atoms with van der Waals surface area (Å²) in [6, 6.07) is 7.37. The number of Topliss-reactive ketones (excluding diaryl/α,β-unsaturated/α-hetero) is 2. The van der Waals surface area contributed by atoms with Crippen molar-refractivity contribution in [2.75, 3.05) is 11.9 Å². The molecule has 0 radical (unpaired) electrons. The number of anilines is 1. The molecule has 2 aromatic rings. The molecule has 0 aromatic heterocycles. The molecule has 230 valence electrons. The molecule has 3 unspecified atom stereocenters. The fraction of sp³-hybridized carbons (Fsp3) is 0.323. The zero-order valence-electron chi connectivity index (χ0n) is 23.4. The van der Waals surface area contributed by atoms with Crippen molar-refractivity contribution >= 4 is 40.7 Å². The van der Waals surface area contributed by atoms with Crippen molar-refractivity contribution in [1.29, 1.82) is 0 Å². The SMILES string of the molecule is NC(=O)C1=C(O)C2C(=O)C3=C(O)c4c(ccc(NC(=O)CCC(=O)NCCc5ccc(O)c(O)c5)c4O)CC3CC2CC1=O. The maximum Gasteiger partial charge on any atom is 0.255 e. The van der Waals surface area contributed by atoms with Gasteiger partial charge in [0.15, 0.2) is 23.1 Å². The number of carbonyl (C=O) groups excluding carboxylic acids is 5. The molecule has 0 spiro atoms. The Kier molecular flexibility index (Phi) is 8.05. The van der Waals surface area contributed by atoms with Crippen molar-refractivity contribution in [2.45, 2.75) is 38.5 Å². The normalized spacial score (nSPS) is 20.9. The number of aromatic hydroxyl groups is 3. The Morgan fingerprint density at radius 2 is 1.64 bits per heavy atom. The zero-order valence-corrected chi connectivity index (χ0v) is 23.4. The average molecular weight is 606 g/mol. The molecule has 3 aliphatic carbocycles. The number of nitrogens with one attached hydrogen (secondary N) is 2. The van der Waals surface area contributed by atoms with E-state index >= 15 is 0 Å². The molecule has 0 bridgehead atoms. The molecule has 1 saturated carbocycles. The van der Waals surface area contributed by atoms with Gasteiger partial charge in [-0.25, -0.2) is 0 Å². The van der Waals surface area contributed by atoms with E-state index in [0.717, 1.165) is 0 Å². The average Bonchev–Trinajstić information content (AvgIpc) is 2.94. The van der Waals surface area contributed by atoms with Crippen molar-refractivity contribution < 1.29 is 49.5 Å². The zero-order chi connectivity index (χ0) is 31.9. The minimum Gasteiger partial charge on any atom is -0.511 e. The number of ketones is 2. The molecular weight excluding hydrogens is 574 g/mol. The van der Waals surface area contributed by atoms with Crippen molar-refractivity contribution in [2.24, 2.45) is 23.5 Å². The molecule has 0 aliphatic heterocycles. The summed E-state index contributed by atoms with van der Waals surface area (Å²) in [4.78, 5) is 62.5. The highest BCUT2D eigenvalue weighted by molar-refractivity contribution is 6.21. The van der Waals surface area contributed by atoms with Crippen LogP contribution < -0.4 is 16.4 Å². The molecule has 2 aromatic carbocycles. The lowest BCUT2D eigenvalue weighted by Crippen LogP contribution is -2.44. The molecule has 3 atom stereocenters. The first kappa shape index (κ1) is 30.1. The fourth-order valence-corrected chi connectivity index (χ4v) is 6.32. The quantitative estimate of drug-likeness (QED) is 0.160. The summed E-state index contributed by atoms with van der Waals surface area (Å²) in [5, 5.41) is 56.9. The van der Waals surface area contributed by atoms with Crippen LogP contribution in [0.4, 0.5) is 5.69 Å². The van der Waals surface area contributed by atoms with Crippen LogP contribution in [0.3, 0.4) is 0 Å². The molecule has 9 N–H and O–H groups in total. The number of amides is 3. The predicted octanol–water partition coefficient (Wildman–Crippen LogP) is 1.80. The van der Waals surface area contributed by atoms with Gasteiger partial charge < -0.3 is 41.9 Å². The highest BCUT2D eigenvalue weighted by atomic mass is 16.3. The van der Waals surface area contributed by atoms with E-state index in [0.29, 0.717) is 17.5 Å². The van der Waals surface area contributed by atoms with Crippen molar-refractivity contribution in [1.82, 2.24) is 5.32 Å². The molecule has 3 aliphatic rings. The van der Waals surface area contributed by atoms with E-state index in [9.17, 15) is 49.5 Å². The van der Waals surface area contributed by atoms with E-state index in [1.165, 1.54) is 18.2 Å². The lowest BCUT2D eigenvalue weighted by Gasteiger charge is -2.41. The first-order valence-corrected chi connectivity index (χ1v) is 14.0. The maximum atomic E-state index is 13.5. The van der Waals surface area contributed by atoms with Gasteiger partial charge in [-0.05, 0) is 60.4 Å². The number of aliphatic hydroxyl groups is 2. The van der Waals surface area contributed by atoms with Crippen LogP contribution in [-0.2, 0) is 36.8 Å². The molecule has 3 amide bonds. The number of carbonyl (C=O) groups is 5. The third-order valence-corrected chi connectivity index (χ3v) is 8.39. The molecule has 44 heavy (non-hydrogen) atoms. The Bertz CT molecular complexity index is 1670. The van der Waals surface area contributed by atoms with E-state index in [1.54, 1.807) is 12.1 Å². The van der Waals surface area contributed by atoms with Gasteiger partial charge in [-0.2, -0.15) is 0 Å². The van der Waals surface area contributed by atoms with Crippen LogP contribution in [0.1, 0.15) is 42.4 Å². The van der Waals surface area contributed by atoms with Crippen LogP contribution in [0.2, 0.25) is 0 Å². The predicted molar refractivity (Wildman–Crippen MR) is 154 cm³/mol. The lowest BCUT2D eigenvalue weighted by molar-refractivity contribution is -0.127. The summed E-state index contributed by atoms with van der Waals surface area (Å²) in [5.41, 5.74) is 5.70. The lowest BCUT2D eigenvalue weighted by atomic mass is 9.61. The molecule has 5 rings (SSSR count). The van der Waals surface area contributed by atoms with Gasteiger partial charge >= 0.3 is 0 Å². The summed E-state index contributed by atoms with van der Waals surface area (Å²) in [7, 11) is 0. The molecule has 0 saturated heterocycles. The molecular formula is C31H31N3O10.